The molecule has 4 heterocycles. The first-order chi connectivity index (χ1) is 8.92. The number of fused-ring (bicyclic) bond motifs is 3. The van der Waals surface area contributed by atoms with Gasteiger partial charge in [0.1, 0.15) is 11.3 Å². The van der Waals surface area contributed by atoms with Gasteiger partial charge in [0.05, 0.1) is 0 Å². The Morgan fingerprint density at radius 3 is 2.89 bits per heavy atom. The molecule has 0 aliphatic rings. The highest BCUT2D eigenvalue weighted by Crippen LogP contribution is 2.12. The van der Waals surface area contributed by atoms with Gasteiger partial charge in [-0.1, -0.05) is 4.63 Å². The summed E-state index contributed by atoms with van der Waals surface area (Å²) in [5.41, 5.74) is 1.91. The van der Waals surface area contributed by atoms with Crippen LogP contribution < -0.4 is 9.73 Å². The van der Waals surface area contributed by atoms with Crippen LogP contribution in [-0.2, 0) is 0 Å². The Bertz CT molecular complexity index is 830. The second-order valence-electron chi connectivity index (χ2n) is 3.73. The molecule has 0 unspecified atom stereocenters. The average molecular weight is 237 g/mol. The highest BCUT2D eigenvalue weighted by atomic mass is 15.5. The van der Waals surface area contributed by atoms with Gasteiger partial charge < -0.3 is 4.98 Å². The molecular weight excluding hydrogens is 230 g/mol. The Labute approximate surface area is 101 Å². The predicted octanol–water partition coefficient (Wildman–Crippen LogP) is -0.118. The molecule has 86 valence electrons. The van der Waals surface area contributed by atoms with Crippen LogP contribution in [0.25, 0.3) is 22.8 Å². The molecule has 0 aromatic carbocycles. The molecule has 7 nitrogen and oxygen atoms in total. The summed E-state index contributed by atoms with van der Waals surface area (Å²) in [4.78, 5) is 17.1. The van der Waals surface area contributed by atoms with Crippen molar-refractivity contribution in [2.45, 2.75) is 0 Å². The first-order valence-corrected chi connectivity index (χ1v) is 5.38. The third-order valence-corrected chi connectivity index (χ3v) is 2.61. The molecule has 0 saturated carbocycles. The number of nitrogens with zero attached hydrogens (tertiary/aromatic N) is 7. The molecule has 0 saturated heterocycles. The van der Waals surface area contributed by atoms with Crippen LogP contribution in [0.4, 0.5) is 0 Å². The summed E-state index contributed by atoms with van der Waals surface area (Å²) in [6, 6.07) is 3.65. The minimum atomic E-state index is 0.554. The molecule has 0 amide bonds. The van der Waals surface area contributed by atoms with Gasteiger partial charge in [-0.15, -0.1) is 5.10 Å². The van der Waals surface area contributed by atoms with Crippen LogP contribution in [0.2, 0.25) is 0 Å². The molecule has 0 bridgehead atoms. The lowest BCUT2D eigenvalue weighted by Crippen LogP contribution is -2.28. The van der Waals surface area contributed by atoms with Crippen LogP contribution in [0.15, 0.2) is 43.1 Å². The summed E-state index contributed by atoms with van der Waals surface area (Å²) in [5, 5.41) is 4.28. The van der Waals surface area contributed by atoms with E-state index in [1.807, 2.05) is 23.0 Å². The van der Waals surface area contributed by atoms with Crippen LogP contribution in [-0.4, -0.2) is 24.5 Å². The van der Waals surface area contributed by atoms with Gasteiger partial charge in [0.15, 0.2) is 11.5 Å². The molecule has 4 rings (SSSR count). The maximum absolute atomic E-state index is 4.50. The van der Waals surface area contributed by atoms with E-state index in [9.17, 15) is 0 Å². The summed E-state index contributed by atoms with van der Waals surface area (Å²) in [5.74, 6) is 0.554. The van der Waals surface area contributed by atoms with Gasteiger partial charge in [-0.3, -0.25) is 0 Å². The van der Waals surface area contributed by atoms with E-state index < -0.39 is 0 Å². The van der Waals surface area contributed by atoms with Crippen molar-refractivity contribution in [2.24, 2.45) is 0 Å². The molecule has 0 radical (unpaired) electrons. The fraction of sp³-hybridized carbons (Fsp3) is 0. The normalized spacial score (nSPS) is 11.3. The summed E-state index contributed by atoms with van der Waals surface area (Å²) in [6.45, 7) is 0. The van der Waals surface area contributed by atoms with Crippen LogP contribution in [0.5, 0.6) is 0 Å². The van der Waals surface area contributed by atoms with Crippen LogP contribution in [0.3, 0.4) is 0 Å². The molecule has 0 atom stereocenters. The average Bonchev–Trinajstić information content (AvgIpc) is 2.99. The molecule has 0 fully saturated rings. The van der Waals surface area contributed by atoms with E-state index in [0.29, 0.717) is 22.8 Å². The smallest absolute Gasteiger partial charge is 0.203 e. The summed E-state index contributed by atoms with van der Waals surface area (Å²) in [6.07, 6.45) is 8.70. The number of aromatic nitrogens is 7. The lowest BCUT2D eigenvalue weighted by atomic mass is 10.4. The Balaban J connectivity index is 2.02. The Morgan fingerprint density at radius 1 is 1.11 bits per heavy atom. The first kappa shape index (κ1) is 9.23. The molecule has 4 aromatic rings. The van der Waals surface area contributed by atoms with Crippen molar-refractivity contribution in [3.63, 3.8) is 0 Å². The van der Waals surface area contributed by atoms with Crippen LogP contribution >= 0.6 is 0 Å². The monoisotopic (exact) mass is 237 g/mol. The molecule has 0 N–H and O–H groups in total. The fourth-order valence-corrected chi connectivity index (χ4v) is 1.82. The second-order valence-corrected chi connectivity index (χ2v) is 3.73. The van der Waals surface area contributed by atoms with E-state index in [1.54, 1.807) is 29.3 Å². The van der Waals surface area contributed by atoms with Crippen molar-refractivity contribution in [1.82, 2.24) is 29.5 Å². The fourth-order valence-electron chi connectivity index (χ4n) is 1.82. The topological polar surface area (TPSA) is 74.2 Å². The summed E-state index contributed by atoms with van der Waals surface area (Å²) >= 11 is 0. The maximum Gasteiger partial charge on any atom is 0.203 e. The highest BCUT2D eigenvalue weighted by molar-refractivity contribution is 5.66. The molecule has 4 aromatic heterocycles. The zero-order valence-electron chi connectivity index (χ0n) is 9.17. The number of rotatable bonds is 1. The van der Waals surface area contributed by atoms with E-state index in [1.165, 1.54) is 0 Å². The first-order valence-electron chi connectivity index (χ1n) is 5.38. The van der Waals surface area contributed by atoms with E-state index in [4.69, 9.17) is 0 Å². The Hall–Kier alpha value is -2.83. The van der Waals surface area contributed by atoms with E-state index in [2.05, 4.69) is 25.0 Å². The second kappa shape index (κ2) is 3.33. The summed E-state index contributed by atoms with van der Waals surface area (Å²) < 4.78 is 3.50. The van der Waals surface area contributed by atoms with Gasteiger partial charge in [0, 0.05) is 24.7 Å². The minimum absolute atomic E-state index is 0.554. The van der Waals surface area contributed by atoms with Crippen LogP contribution in [0, 0.1) is 0 Å². The van der Waals surface area contributed by atoms with Crippen molar-refractivity contribution in [3.8, 4) is 11.5 Å². The molecule has 7 heteroatoms. The highest BCUT2D eigenvalue weighted by Gasteiger charge is 2.08. The van der Waals surface area contributed by atoms with Gasteiger partial charge in [-0.25, -0.2) is 15.0 Å². The maximum atomic E-state index is 4.50. The van der Waals surface area contributed by atoms with Gasteiger partial charge in [-0.05, 0) is 12.3 Å². The van der Waals surface area contributed by atoms with Crippen LogP contribution in [0.1, 0.15) is 0 Å². The zero-order valence-corrected chi connectivity index (χ0v) is 9.17. The van der Waals surface area contributed by atoms with Crippen molar-refractivity contribution >= 4 is 11.3 Å². The van der Waals surface area contributed by atoms with Crippen molar-refractivity contribution in [2.75, 3.05) is 0 Å². The zero-order chi connectivity index (χ0) is 11.9. The number of hydrogen-bond acceptors (Lipinski definition) is 4. The van der Waals surface area contributed by atoms with Gasteiger partial charge in [-0.2, -0.15) is 4.52 Å². The lowest BCUT2D eigenvalue weighted by molar-refractivity contribution is -0.674. The van der Waals surface area contributed by atoms with Crippen molar-refractivity contribution < 1.29 is 4.63 Å². The van der Waals surface area contributed by atoms with Crippen molar-refractivity contribution in [3.05, 3.63) is 43.1 Å². The quantitative estimate of drug-likeness (QED) is 0.431. The van der Waals surface area contributed by atoms with E-state index in [0.717, 1.165) is 0 Å². The van der Waals surface area contributed by atoms with Gasteiger partial charge >= 0.3 is 0 Å². The SMILES string of the molecule is c1cnc(-c2cnc3[n-][n+]4cccn4c3n2)nc1. The molecule has 18 heavy (non-hydrogen) atoms. The lowest BCUT2D eigenvalue weighted by Gasteiger charge is -1.99. The van der Waals surface area contributed by atoms with E-state index in [-0.39, 0.29) is 0 Å². The largest absolute Gasteiger partial charge is 0.360 e. The third-order valence-electron chi connectivity index (χ3n) is 2.61. The Kier molecular flexibility index (Phi) is 1.71. The molecule has 0 spiro atoms. The van der Waals surface area contributed by atoms with E-state index >= 15 is 0 Å². The molecule has 0 aliphatic carbocycles. The standard InChI is InChI=1S/C11H7N7/c1-3-12-9(13-4-1)8-7-14-10-11(15-8)17-5-2-6-18(17)16-10/h1-7H. The van der Waals surface area contributed by atoms with Crippen molar-refractivity contribution in [1.29, 1.82) is 0 Å². The molecular formula is C11H7N7. The van der Waals surface area contributed by atoms with Gasteiger partial charge in [0.2, 0.25) is 6.20 Å². The van der Waals surface area contributed by atoms with Gasteiger partial charge in [0.25, 0.3) is 0 Å². The predicted molar refractivity (Wildman–Crippen MR) is 60.5 cm³/mol. The Morgan fingerprint density at radius 2 is 2.00 bits per heavy atom. The third kappa shape index (κ3) is 1.21. The minimum Gasteiger partial charge on any atom is -0.360 e. The summed E-state index contributed by atoms with van der Waals surface area (Å²) in [7, 11) is 0. The number of hydrogen-bond donors (Lipinski definition) is 0. The molecule has 0 aliphatic heterocycles.